The van der Waals surface area contributed by atoms with Gasteiger partial charge in [0.2, 0.25) is 0 Å². The Labute approximate surface area is 118 Å². The number of hydrogen-bond acceptors (Lipinski definition) is 3. The highest BCUT2D eigenvalue weighted by atomic mass is 79.9. The van der Waals surface area contributed by atoms with Crippen molar-refractivity contribution in [2.24, 2.45) is 0 Å². The minimum atomic E-state index is -3.96. The predicted octanol–water partition coefficient (Wildman–Crippen LogP) is 3.09. The fourth-order valence-corrected chi connectivity index (χ4v) is 2.87. The minimum absolute atomic E-state index is 0.285. The van der Waals surface area contributed by atoms with Crippen LogP contribution in [-0.4, -0.2) is 13.4 Å². The number of aromatic nitrogens is 1. The van der Waals surface area contributed by atoms with E-state index in [0.717, 1.165) is 11.8 Å². The smallest absolute Gasteiger partial charge is 0.264 e. The van der Waals surface area contributed by atoms with Gasteiger partial charge in [-0.15, -0.1) is 0 Å². The number of aryl methyl sites for hydroxylation is 1. The van der Waals surface area contributed by atoms with Crippen LogP contribution < -0.4 is 4.72 Å². The third-order valence-electron chi connectivity index (χ3n) is 2.35. The number of nitrogens with one attached hydrogen (secondary N) is 1. The summed E-state index contributed by atoms with van der Waals surface area (Å²) in [5, 5.41) is 0. The lowest BCUT2D eigenvalue weighted by Gasteiger charge is -2.08. The third-order valence-corrected chi connectivity index (χ3v) is 4.25. The monoisotopic (exact) mass is 344 g/mol. The van der Waals surface area contributed by atoms with E-state index in [4.69, 9.17) is 0 Å². The van der Waals surface area contributed by atoms with Gasteiger partial charge in [-0.25, -0.2) is 12.8 Å². The summed E-state index contributed by atoms with van der Waals surface area (Å²) >= 11 is 3.07. The molecule has 0 saturated carbocycles. The van der Waals surface area contributed by atoms with Crippen LogP contribution in [0.2, 0.25) is 0 Å². The molecule has 0 spiro atoms. The maximum Gasteiger partial charge on any atom is 0.264 e. The van der Waals surface area contributed by atoms with Crippen LogP contribution in [0.5, 0.6) is 0 Å². The topological polar surface area (TPSA) is 59.1 Å². The van der Waals surface area contributed by atoms with Gasteiger partial charge in [0.15, 0.2) is 0 Å². The van der Waals surface area contributed by atoms with Crippen LogP contribution in [0.4, 0.5) is 10.1 Å². The molecule has 2 rings (SSSR count). The lowest BCUT2D eigenvalue weighted by Crippen LogP contribution is -2.14. The van der Waals surface area contributed by atoms with Gasteiger partial charge in [-0.3, -0.25) is 9.71 Å². The molecule has 1 aromatic heterocycles. The molecule has 1 aromatic carbocycles. The Morgan fingerprint density at radius 1 is 1.26 bits per heavy atom. The van der Waals surface area contributed by atoms with Crippen molar-refractivity contribution in [1.82, 2.24) is 4.98 Å². The maximum atomic E-state index is 13.6. The second-order valence-electron chi connectivity index (χ2n) is 3.87. The van der Waals surface area contributed by atoms with Crippen molar-refractivity contribution in [3.8, 4) is 0 Å². The van der Waals surface area contributed by atoms with Crippen LogP contribution in [0.15, 0.2) is 45.9 Å². The van der Waals surface area contributed by atoms with E-state index < -0.39 is 20.7 Å². The molecule has 0 saturated heterocycles. The van der Waals surface area contributed by atoms with Crippen molar-refractivity contribution in [3.05, 3.63) is 52.5 Å². The summed E-state index contributed by atoms with van der Waals surface area (Å²) in [6, 6.07) is 6.99. The van der Waals surface area contributed by atoms with Crippen molar-refractivity contribution >= 4 is 31.6 Å². The first kappa shape index (κ1) is 14.0. The fraction of sp³-hybridized carbons (Fsp3) is 0.0833. The van der Waals surface area contributed by atoms with E-state index in [2.05, 4.69) is 25.6 Å². The zero-order valence-electron chi connectivity index (χ0n) is 9.89. The fourth-order valence-electron chi connectivity index (χ4n) is 1.43. The van der Waals surface area contributed by atoms with Gasteiger partial charge in [0.1, 0.15) is 10.7 Å². The van der Waals surface area contributed by atoms with Gasteiger partial charge >= 0.3 is 0 Å². The second kappa shape index (κ2) is 5.26. The van der Waals surface area contributed by atoms with Crippen LogP contribution >= 0.6 is 15.9 Å². The van der Waals surface area contributed by atoms with Gasteiger partial charge in [-0.2, -0.15) is 0 Å². The zero-order valence-corrected chi connectivity index (χ0v) is 12.3. The predicted molar refractivity (Wildman–Crippen MR) is 73.9 cm³/mol. The Morgan fingerprint density at radius 3 is 2.58 bits per heavy atom. The van der Waals surface area contributed by atoms with Crippen molar-refractivity contribution in [2.75, 3.05) is 4.72 Å². The van der Waals surface area contributed by atoms with Crippen molar-refractivity contribution in [1.29, 1.82) is 0 Å². The van der Waals surface area contributed by atoms with Crippen LogP contribution in [0.1, 0.15) is 5.69 Å². The summed E-state index contributed by atoms with van der Waals surface area (Å²) in [6.45, 7) is 1.78. The lowest BCUT2D eigenvalue weighted by molar-refractivity contribution is 0.570. The standard InChI is InChI=1S/C12H10BrFN2O2S/c1-8-2-4-10(7-15-8)16-19(17,18)12-5-3-9(13)6-11(12)14/h2-7,16H,1H3. The van der Waals surface area contributed by atoms with Crippen LogP contribution in [-0.2, 0) is 10.0 Å². The van der Waals surface area contributed by atoms with Gasteiger partial charge in [0.05, 0.1) is 11.9 Å². The number of hydrogen-bond donors (Lipinski definition) is 1. The molecule has 0 fully saturated rings. The highest BCUT2D eigenvalue weighted by Gasteiger charge is 2.19. The van der Waals surface area contributed by atoms with Gasteiger partial charge in [0, 0.05) is 10.2 Å². The first-order valence-electron chi connectivity index (χ1n) is 5.29. The molecule has 0 aliphatic carbocycles. The van der Waals surface area contributed by atoms with Gasteiger partial charge in [0.25, 0.3) is 10.0 Å². The molecular weight excluding hydrogens is 335 g/mol. The molecule has 0 radical (unpaired) electrons. The highest BCUT2D eigenvalue weighted by Crippen LogP contribution is 2.21. The van der Waals surface area contributed by atoms with Crippen LogP contribution in [0, 0.1) is 12.7 Å². The Bertz CT molecular complexity index is 702. The molecule has 0 aliphatic rings. The molecule has 19 heavy (non-hydrogen) atoms. The zero-order chi connectivity index (χ0) is 14.0. The molecule has 0 amide bonds. The third kappa shape index (κ3) is 3.30. The van der Waals surface area contributed by atoms with Gasteiger partial charge in [-0.1, -0.05) is 15.9 Å². The molecule has 0 atom stereocenters. The lowest BCUT2D eigenvalue weighted by atomic mass is 10.3. The number of benzene rings is 1. The molecule has 1 N–H and O–H groups in total. The van der Waals surface area contributed by atoms with Crippen molar-refractivity contribution < 1.29 is 12.8 Å². The number of nitrogens with zero attached hydrogens (tertiary/aromatic N) is 1. The van der Waals surface area contributed by atoms with E-state index in [9.17, 15) is 12.8 Å². The number of rotatable bonds is 3. The van der Waals surface area contributed by atoms with E-state index >= 15 is 0 Å². The number of halogens is 2. The summed E-state index contributed by atoms with van der Waals surface area (Å²) in [7, 11) is -3.96. The SMILES string of the molecule is Cc1ccc(NS(=O)(=O)c2ccc(Br)cc2F)cn1. The Kier molecular flexibility index (Phi) is 3.86. The average Bonchev–Trinajstić information content (AvgIpc) is 2.31. The largest absolute Gasteiger partial charge is 0.278 e. The van der Waals surface area contributed by atoms with Crippen molar-refractivity contribution in [2.45, 2.75) is 11.8 Å². The van der Waals surface area contributed by atoms with Gasteiger partial charge < -0.3 is 0 Å². The first-order valence-corrected chi connectivity index (χ1v) is 7.56. The van der Waals surface area contributed by atoms with Crippen molar-refractivity contribution in [3.63, 3.8) is 0 Å². The Balaban J connectivity index is 2.35. The molecule has 100 valence electrons. The Hall–Kier alpha value is -1.47. The number of anilines is 1. The summed E-state index contributed by atoms with van der Waals surface area (Å²) < 4.78 is 40.4. The number of pyridine rings is 1. The molecule has 0 bridgehead atoms. The van der Waals surface area contributed by atoms with E-state index in [1.54, 1.807) is 19.1 Å². The summed E-state index contributed by atoms with van der Waals surface area (Å²) in [4.78, 5) is 3.56. The molecule has 2 aromatic rings. The number of sulfonamides is 1. The second-order valence-corrected chi connectivity index (χ2v) is 6.43. The molecular formula is C12H10BrFN2O2S. The van der Waals surface area contributed by atoms with Gasteiger partial charge in [-0.05, 0) is 37.3 Å². The summed E-state index contributed by atoms with van der Waals surface area (Å²) in [5.41, 5.74) is 1.05. The maximum absolute atomic E-state index is 13.6. The quantitative estimate of drug-likeness (QED) is 0.930. The van der Waals surface area contributed by atoms with Crippen LogP contribution in [0.25, 0.3) is 0 Å². The molecule has 0 unspecified atom stereocenters. The molecule has 4 nitrogen and oxygen atoms in total. The molecule has 0 aliphatic heterocycles. The highest BCUT2D eigenvalue weighted by molar-refractivity contribution is 9.10. The van der Waals surface area contributed by atoms with E-state index in [1.807, 2.05) is 0 Å². The van der Waals surface area contributed by atoms with Crippen LogP contribution in [0.3, 0.4) is 0 Å². The molecule has 7 heteroatoms. The normalized spacial score (nSPS) is 11.3. The average molecular weight is 345 g/mol. The van der Waals surface area contributed by atoms with E-state index in [0.29, 0.717) is 4.47 Å². The summed E-state index contributed by atoms with van der Waals surface area (Å²) in [6.07, 6.45) is 1.38. The van der Waals surface area contributed by atoms with E-state index in [1.165, 1.54) is 18.3 Å². The molecule has 1 heterocycles. The minimum Gasteiger partial charge on any atom is -0.278 e. The Morgan fingerprint density at radius 2 is 2.00 bits per heavy atom. The van der Waals surface area contributed by atoms with E-state index in [-0.39, 0.29) is 5.69 Å². The first-order chi connectivity index (χ1) is 8.88. The summed E-state index contributed by atoms with van der Waals surface area (Å²) in [5.74, 6) is -0.818.